The fourth-order valence-corrected chi connectivity index (χ4v) is 2.60. The molecule has 0 unspecified atom stereocenters. The van der Waals surface area contributed by atoms with Crippen LogP contribution < -0.4 is 10.5 Å². The van der Waals surface area contributed by atoms with E-state index in [0.29, 0.717) is 30.4 Å². The van der Waals surface area contributed by atoms with E-state index < -0.39 is 0 Å². The number of ether oxygens (including phenoxy) is 1. The molecule has 1 heterocycles. The summed E-state index contributed by atoms with van der Waals surface area (Å²) < 4.78 is 5.59. The van der Waals surface area contributed by atoms with Gasteiger partial charge in [-0.2, -0.15) is 0 Å². The molecule has 0 saturated carbocycles. The number of nitrogens with two attached hydrogens (primary N) is 1. The molecule has 0 bridgehead atoms. The number of carbonyl (C=O) groups excluding carboxylic acids is 1. The van der Waals surface area contributed by atoms with E-state index in [1.165, 1.54) is 11.3 Å². The zero-order chi connectivity index (χ0) is 15.9. The number of halogens is 2. The van der Waals surface area contributed by atoms with Crippen LogP contribution in [0, 0.1) is 0 Å². The zero-order valence-electron chi connectivity index (χ0n) is 12.7. The molecule has 0 aliphatic carbocycles. The van der Waals surface area contributed by atoms with Gasteiger partial charge < -0.3 is 15.4 Å². The van der Waals surface area contributed by atoms with Gasteiger partial charge in [0.25, 0.3) is 5.91 Å². The maximum Gasteiger partial charge on any atom is 0.273 e. The Hall–Kier alpha value is -1.34. The Morgan fingerprint density at radius 1 is 1.39 bits per heavy atom. The van der Waals surface area contributed by atoms with Crippen LogP contribution in [0.4, 0.5) is 0 Å². The topological polar surface area (TPSA) is 68.5 Å². The third-order valence-corrected chi connectivity index (χ3v) is 4.14. The standard InChI is InChI=1S/C15H18ClN3O2S.ClH/c1-19(15(20)13-10-22-14(9-17)18-13)7-2-8-21-12-5-3-11(16)4-6-12;/h3-6,10H,2,7-9,17H2,1H3;1H. The fraction of sp³-hybridized carbons (Fsp3) is 0.333. The molecule has 2 N–H and O–H groups in total. The molecule has 0 saturated heterocycles. The van der Waals surface area contributed by atoms with Gasteiger partial charge in [-0.3, -0.25) is 4.79 Å². The number of rotatable bonds is 7. The smallest absolute Gasteiger partial charge is 0.273 e. The van der Waals surface area contributed by atoms with E-state index in [4.69, 9.17) is 22.1 Å². The zero-order valence-corrected chi connectivity index (χ0v) is 15.1. The van der Waals surface area contributed by atoms with Crippen LogP contribution in [0.25, 0.3) is 0 Å². The number of thiazole rings is 1. The highest BCUT2D eigenvalue weighted by molar-refractivity contribution is 7.09. The largest absolute Gasteiger partial charge is 0.494 e. The lowest BCUT2D eigenvalue weighted by Crippen LogP contribution is -2.29. The van der Waals surface area contributed by atoms with Gasteiger partial charge in [0, 0.05) is 30.5 Å². The lowest BCUT2D eigenvalue weighted by Gasteiger charge is -2.16. The summed E-state index contributed by atoms with van der Waals surface area (Å²) in [5.41, 5.74) is 5.95. The molecule has 1 aromatic carbocycles. The van der Waals surface area contributed by atoms with Gasteiger partial charge in [0.15, 0.2) is 0 Å². The van der Waals surface area contributed by atoms with Crippen molar-refractivity contribution in [3.8, 4) is 5.75 Å². The normalized spacial score (nSPS) is 10.0. The molecule has 0 aliphatic rings. The first kappa shape index (κ1) is 19.7. The Balaban J connectivity index is 0.00000264. The van der Waals surface area contributed by atoms with E-state index in [2.05, 4.69) is 4.98 Å². The molecule has 0 spiro atoms. The van der Waals surface area contributed by atoms with Crippen LogP contribution in [-0.2, 0) is 6.54 Å². The van der Waals surface area contributed by atoms with E-state index in [1.54, 1.807) is 29.5 Å². The molecule has 2 rings (SSSR count). The third kappa shape index (κ3) is 5.99. The first-order valence-corrected chi connectivity index (χ1v) is 8.14. The molecule has 1 amide bonds. The Bertz CT molecular complexity index is 619. The van der Waals surface area contributed by atoms with Crippen LogP contribution >= 0.6 is 35.3 Å². The van der Waals surface area contributed by atoms with E-state index >= 15 is 0 Å². The van der Waals surface area contributed by atoms with E-state index in [-0.39, 0.29) is 18.3 Å². The van der Waals surface area contributed by atoms with Crippen molar-refractivity contribution in [3.05, 3.63) is 45.4 Å². The van der Waals surface area contributed by atoms with Crippen LogP contribution in [0.5, 0.6) is 5.75 Å². The molecular weight excluding hydrogens is 357 g/mol. The first-order chi connectivity index (χ1) is 10.6. The van der Waals surface area contributed by atoms with Crippen LogP contribution in [-0.4, -0.2) is 36.0 Å². The summed E-state index contributed by atoms with van der Waals surface area (Å²) >= 11 is 7.21. The predicted molar refractivity (Wildman–Crippen MR) is 95.8 cm³/mol. The molecule has 0 aliphatic heterocycles. The van der Waals surface area contributed by atoms with E-state index in [9.17, 15) is 4.79 Å². The Morgan fingerprint density at radius 2 is 2.09 bits per heavy atom. The van der Waals surface area contributed by atoms with Gasteiger partial charge >= 0.3 is 0 Å². The quantitative estimate of drug-likeness (QED) is 0.754. The summed E-state index contributed by atoms with van der Waals surface area (Å²) in [6.45, 7) is 1.49. The molecule has 0 fully saturated rings. The van der Waals surface area contributed by atoms with Crippen molar-refractivity contribution in [3.63, 3.8) is 0 Å². The number of amides is 1. The number of hydrogen-bond acceptors (Lipinski definition) is 5. The highest BCUT2D eigenvalue weighted by atomic mass is 35.5. The second kappa shape index (κ2) is 9.72. The lowest BCUT2D eigenvalue weighted by atomic mass is 10.3. The summed E-state index contributed by atoms with van der Waals surface area (Å²) in [7, 11) is 1.76. The van der Waals surface area contributed by atoms with Crippen molar-refractivity contribution in [2.24, 2.45) is 5.73 Å². The van der Waals surface area contributed by atoms with Crippen LogP contribution in [0.2, 0.25) is 5.02 Å². The van der Waals surface area contributed by atoms with Gasteiger partial charge in [0.1, 0.15) is 16.5 Å². The van der Waals surface area contributed by atoms with Gasteiger partial charge in [-0.1, -0.05) is 11.6 Å². The fourth-order valence-electron chi connectivity index (χ4n) is 1.82. The predicted octanol–water partition coefficient (Wildman–Crippen LogP) is 3.22. The highest BCUT2D eigenvalue weighted by Gasteiger charge is 2.14. The molecule has 8 heteroatoms. The van der Waals surface area contributed by atoms with Gasteiger partial charge in [-0.25, -0.2) is 4.98 Å². The second-order valence-electron chi connectivity index (χ2n) is 4.71. The van der Waals surface area contributed by atoms with E-state index in [1.807, 2.05) is 12.1 Å². The molecule has 1 aromatic heterocycles. The number of hydrogen-bond donors (Lipinski definition) is 1. The monoisotopic (exact) mass is 375 g/mol. The minimum Gasteiger partial charge on any atom is -0.494 e. The SMILES string of the molecule is CN(CCCOc1ccc(Cl)cc1)C(=O)c1csc(CN)n1.Cl. The minimum absolute atomic E-state index is 0. The number of aromatic nitrogens is 1. The summed E-state index contributed by atoms with van der Waals surface area (Å²) in [6, 6.07) is 7.20. The average molecular weight is 376 g/mol. The van der Waals surface area contributed by atoms with Gasteiger partial charge in [-0.15, -0.1) is 23.7 Å². The van der Waals surface area contributed by atoms with Crippen molar-refractivity contribution in [2.75, 3.05) is 20.2 Å². The average Bonchev–Trinajstić information content (AvgIpc) is 3.01. The van der Waals surface area contributed by atoms with Crippen LogP contribution in [0.15, 0.2) is 29.6 Å². The van der Waals surface area contributed by atoms with Crippen LogP contribution in [0.3, 0.4) is 0 Å². The van der Waals surface area contributed by atoms with Gasteiger partial charge in [0.05, 0.1) is 6.61 Å². The minimum atomic E-state index is -0.0950. The van der Waals surface area contributed by atoms with Gasteiger partial charge in [-0.05, 0) is 30.7 Å². The molecule has 5 nitrogen and oxygen atoms in total. The van der Waals surface area contributed by atoms with Crippen molar-refractivity contribution in [1.82, 2.24) is 9.88 Å². The number of nitrogens with zero attached hydrogens (tertiary/aromatic N) is 2. The van der Waals surface area contributed by atoms with Crippen molar-refractivity contribution >= 4 is 41.3 Å². The van der Waals surface area contributed by atoms with Crippen molar-refractivity contribution in [2.45, 2.75) is 13.0 Å². The highest BCUT2D eigenvalue weighted by Crippen LogP contribution is 2.15. The Labute approximate surface area is 150 Å². The second-order valence-corrected chi connectivity index (χ2v) is 6.09. The third-order valence-electron chi connectivity index (χ3n) is 3.01. The van der Waals surface area contributed by atoms with Crippen LogP contribution in [0.1, 0.15) is 21.9 Å². The Kier molecular flexibility index (Phi) is 8.33. The Morgan fingerprint density at radius 3 is 2.70 bits per heavy atom. The summed E-state index contributed by atoms with van der Waals surface area (Å²) in [5.74, 6) is 0.674. The summed E-state index contributed by atoms with van der Waals surface area (Å²) in [6.07, 6.45) is 0.735. The molecule has 23 heavy (non-hydrogen) atoms. The lowest BCUT2D eigenvalue weighted by molar-refractivity contribution is 0.0782. The molecule has 126 valence electrons. The summed E-state index contributed by atoms with van der Waals surface area (Å²) in [4.78, 5) is 18.0. The number of benzene rings is 1. The summed E-state index contributed by atoms with van der Waals surface area (Å²) in [5, 5.41) is 3.19. The number of carbonyl (C=O) groups is 1. The maximum absolute atomic E-state index is 12.1. The van der Waals surface area contributed by atoms with Crippen molar-refractivity contribution in [1.29, 1.82) is 0 Å². The molecule has 0 atom stereocenters. The maximum atomic E-state index is 12.1. The van der Waals surface area contributed by atoms with E-state index in [0.717, 1.165) is 17.2 Å². The van der Waals surface area contributed by atoms with Gasteiger partial charge in [0.2, 0.25) is 0 Å². The molecule has 0 radical (unpaired) electrons. The molecule has 2 aromatic rings. The first-order valence-electron chi connectivity index (χ1n) is 6.88. The molecular formula is C15H19Cl2N3O2S. The van der Waals surface area contributed by atoms with Crippen molar-refractivity contribution < 1.29 is 9.53 Å².